The van der Waals surface area contributed by atoms with Gasteiger partial charge < -0.3 is 9.84 Å². The molecule has 0 aliphatic carbocycles. The van der Waals surface area contributed by atoms with Gasteiger partial charge in [-0.15, -0.1) is 0 Å². The summed E-state index contributed by atoms with van der Waals surface area (Å²) in [4.78, 5) is 32.4. The summed E-state index contributed by atoms with van der Waals surface area (Å²) in [5.74, 6) is -1.09. The zero-order valence-corrected chi connectivity index (χ0v) is 18.9. The van der Waals surface area contributed by atoms with E-state index < -0.39 is 17.7 Å². The Morgan fingerprint density at radius 1 is 1.06 bits per heavy atom. The van der Waals surface area contributed by atoms with E-state index in [1.54, 1.807) is 73.8 Å². The first-order valence-electron chi connectivity index (χ1n) is 10.0. The van der Waals surface area contributed by atoms with Gasteiger partial charge in [0, 0.05) is 10.6 Å². The van der Waals surface area contributed by atoms with Gasteiger partial charge in [-0.2, -0.15) is 0 Å². The summed E-state index contributed by atoms with van der Waals surface area (Å²) in [5, 5.41) is 12.0. The van der Waals surface area contributed by atoms with Crippen LogP contribution >= 0.6 is 22.9 Å². The van der Waals surface area contributed by atoms with Crippen molar-refractivity contribution in [2.45, 2.75) is 6.04 Å². The van der Waals surface area contributed by atoms with Gasteiger partial charge in [-0.1, -0.05) is 65.4 Å². The maximum Gasteiger partial charge on any atom is 0.301 e. The molecule has 1 saturated heterocycles. The molecule has 0 unspecified atom stereocenters. The number of nitrogens with zero attached hydrogens (tertiary/aromatic N) is 2. The maximum atomic E-state index is 13.2. The molecule has 4 aromatic rings. The van der Waals surface area contributed by atoms with Gasteiger partial charge in [-0.25, -0.2) is 4.98 Å². The van der Waals surface area contributed by atoms with Gasteiger partial charge in [0.15, 0.2) is 5.13 Å². The Morgan fingerprint density at radius 3 is 2.48 bits per heavy atom. The average Bonchev–Trinajstić information content (AvgIpc) is 3.37. The molecule has 164 valence electrons. The highest BCUT2D eigenvalue weighted by Crippen LogP contribution is 2.44. The molecular weight excluding hydrogens is 460 g/mol. The summed E-state index contributed by atoms with van der Waals surface area (Å²) in [7, 11) is 1.58. The highest BCUT2D eigenvalue weighted by molar-refractivity contribution is 7.22. The van der Waals surface area contributed by atoms with Gasteiger partial charge in [0.05, 0.1) is 28.9 Å². The number of benzene rings is 3. The molecule has 0 saturated carbocycles. The summed E-state index contributed by atoms with van der Waals surface area (Å²) >= 11 is 7.35. The molecule has 1 amide bonds. The fraction of sp³-hybridized carbons (Fsp3) is 0.0800. The van der Waals surface area contributed by atoms with Crippen molar-refractivity contribution in [3.8, 4) is 5.75 Å². The van der Waals surface area contributed by atoms with E-state index in [1.807, 2.05) is 6.07 Å². The van der Waals surface area contributed by atoms with E-state index in [9.17, 15) is 14.7 Å². The number of anilines is 1. The number of hydrogen-bond acceptors (Lipinski definition) is 6. The molecule has 33 heavy (non-hydrogen) atoms. The molecule has 0 spiro atoms. The summed E-state index contributed by atoms with van der Waals surface area (Å²) < 4.78 is 6.10. The number of aliphatic hydroxyl groups excluding tert-OH is 1. The zero-order valence-electron chi connectivity index (χ0n) is 17.4. The van der Waals surface area contributed by atoms with Crippen LogP contribution in [0.4, 0.5) is 5.13 Å². The standard InChI is InChI=1S/C25H17ClN2O4S/c1-32-17-11-12-18-19(13-17)33-25(27-18)28-21(14-7-9-16(26)10-8-14)20(23(30)24(28)31)22(29)15-5-3-2-4-6-15/h2-13,21,29H,1H3/t21-/m0/s1. The number of ether oxygens (including phenoxy) is 1. The third-order valence-corrected chi connectivity index (χ3v) is 6.74. The third-order valence-electron chi connectivity index (χ3n) is 5.47. The first kappa shape index (κ1) is 21.2. The molecule has 0 bridgehead atoms. The number of halogens is 1. The summed E-state index contributed by atoms with van der Waals surface area (Å²) in [5.41, 5.74) is 1.76. The van der Waals surface area contributed by atoms with E-state index in [0.29, 0.717) is 32.5 Å². The Kier molecular flexibility index (Phi) is 5.36. The van der Waals surface area contributed by atoms with Crippen molar-refractivity contribution >= 4 is 55.7 Å². The third kappa shape index (κ3) is 3.65. The van der Waals surface area contributed by atoms with Crippen LogP contribution in [-0.4, -0.2) is 28.9 Å². The lowest BCUT2D eigenvalue weighted by atomic mass is 9.95. The van der Waals surface area contributed by atoms with Crippen LogP contribution in [0, 0.1) is 0 Å². The number of methoxy groups -OCH3 is 1. The Morgan fingerprint density at radius 2 is 1.79 bits per heavy atom. The molecule has 0 radical (unpaired) electrons. The van der Waals surface area contributed by atoms with Crippen LogP contribution < -0.4 is 9.64 Å². The van der Waals surface area contributed by atoms with Crippen molar-refractivity contribution in [3.63, 3.8) is 0 Å². The fourth-order valence-electron chi connectivity index (χ4n) is 3.86. The first-order chi connectivity index (χ1) is 16.0. The molecule has 1 atom stereocenters. The largest absolute Gasteiger partial charge is 0.507 e. The van der Waals surface area contributed by atoms with E-state index >= 15 is 0 Å². The minimum absolute atomic E-state index is 0.00496. The van der Waals surface area contributed by atoms with Crippen LogP contribution in [0.1, 0.15) is 17.2 Å². The van der Waals surface area contributed by atoms with Crippen LogP contribution in [-0.2, 0) is 9.59 Å². The molecule has 1 N–H and O–H groups in total. The van der Waals surface area contributed by atoms with Crippen molar-refractivity contribution in [2.75, 3.05) is 12.0 Å². The Labute approximate surface area is 198 Å². The number of carbonyl (C=O) groups excluding carboxylic acids is 2. The Balaban J connectivity index is 1.72. The van der Waals surface area contributed by atoms with Crippen LogP contribution in [0.2, 0.25) is 5.02 Å². The number of fused-ring (bicyclic) bond motifs is 1. The van der Waals surface area contributed by atoms with E-state index in [0.717, 1.165) is 4.70 Å². The smallest absolute Gasteiger partial charge is 0.301 e. The number of hydrogen-bond donors (Lipinski definition) is 1. The molecule has 1 aromatic heterocycles. The number of aliphatic hydroxyl groups is 1. The number of thiazole rings is 1. The van der Waals surface area contributed by atoms with Crippen molar-refractivity contribution in [1.82, 2.24) is 4.98 Å². The van der Waals surface area contributed by atoms with Gasteiger partial charge >= 0.3 is 5.91 Å². The first-order valence-corrected chi connectivity index (χ1v) is 11.2. The van der Waals surface area contributed by atoms with Crippen LogP contribution in [0.3, 0.4) is 0 Å². The molecule has 2 heterocycles. The van der Waals surface area contributed by atoms with Crippen LogP contribution in [0.5, 0.6) is 5.75 Å². The maximum absolute atomic E-state index is 13.2. The minimum atomic E-state index is -0.857. The number of aromatic nitrogens is 1. The van der Waals surface area contributed by atoms with Gasteiger partial charge in [0.1, 0.15) is 11.5 Å². The van der Waals surface area contributed by atoms with E-state index in [2.05, 4.69) is 4.98 Å². The predicted octanol–water partition coefficient (Wildman–Crippen LogP) is 5.58. The number of ketones is 1. The fourth-order valence-corrected chi connectivity index (χ4v) is 5.01. The van der Waals surface area contributed by atoms with Gasteiger partial charge in [-0.05, 0) is 35.9 Å². The molecule has 8 heteroatoms. The van der Waals surface area contributed by atoms with E-state index in [1.165, 1.54) is 16.2 Å². The molecule has 1 aliphatic rings. The lowest BCUT2D eigenvalue weighted by Crippen LogP contribution is -2.29. The second kappa shape index (κ2) is 8.35. The lowest BCUT2D eigenvalue weighted by Gasteiger charge is -2.23. The average molecular weight is 477 g/mol. The van der Waals surface area contributed by atoms with Crippen molar-refractivity contribution < 1.29 is 19.4 Å². The molecule has 1 aliphatic heterocycles. The normalized spacial score (nSPS) is 17.6. The highest BCUT2D eigenvalue weighted by Gasteiger charge is 2.48. The monoisotopic (exact) mass is 476 g/mol. The van der Waals surface area contributed by atoms with Crippen LogP contribution in [0.25, 0.3) is 16.0 Å². The number of rotatable bonds is 4. The summed E-state index contributed by atoms with van der Waals surface area (Å²) in [6.07, 6.45) is 0. The van der Waals surface area contributed by atoms with E-state index in [-0.39, 0.29) is 11.3 Å². The molecule has 1 fully saturated rings. The van der Waals surface area contributed by atoms with Crippen molar-refractivity contribution in [1.29, 1.82) is 0 Å². The van der Waals surface area contributed by atoms with E-state index in [4.69, 9.17) is 16.3 Å². The highest BCUT2D eigenvalue weighted by atomic mass is 35.5. The summed E-state index contributed by atoms with van der Waals surface area (Å²) in [6.45, 7) is 0. The van der Waals surface area contributed by atoms with Crippen molar-refractivity contribution in [3.05, 3.63) is 94.5 Å². The van der Waals surface area contributed by atoms with Gasteiger partial charge in [0.2, 0.25) is 0 Å². The molecule has 6 nitrogen and oxygen atoms in total. The molecule has 5 rings (SSSR count). The minimum Gasteiger partial charge on any atom is -0.507 e. The Hall–Kier alpha value is -3.68. The Bertz CT molecular complexity index is 1410. The zero-order chi connectivity index (χ0) is 23.1. The SMILES string of the molecule is COc1ccc2nc(N3C(=O)C(=O)C(=C(O)c4ccccc4)[C@@H]3c3ccc(Cl)cc3)sc2c1. The molecular formula is C25H17ClN2O4S. The number of carbonyl (C=O) groups is 2. The van der Waals surface area contributed by atoms with Gasteiger partial charge in [0.25, 0.3) is 5.78 Å². The quantitative estimate of drug-likeness (QED) is 0.236. The number of Topliss-reactive ketones (excluding diaryl/α,β-unsaturated/α-hetero) is 1. The lowest BCUT2D eigenvalue weighted by molar-refractivity contribution is -0.132. The predicted molar refractivity (Wildman–Crippen MR) is 129 cm³/mol. The molecule has 3 aromatic carbocycles. The van der Waals surface area contributed by atoms with Crippen molar-refractivity contribution in [2.24, 2.45) is 0 Å². The van der Waals surface area contributed by atoms with Crippen LogP contribution in [0.15, 0.2) is 78.4 Å². The second-order valence-corrected chi connectivity index (χ2v) is 8.86. The number of amides is 1. The topological polar surface area (TPSA) is 79.7 Å². The second-order valence-electron chi connectivity index (χ2n) is 7.42. The summed E-state index contributed by atoms with van der Waals surface area (Å²) in [6, 6.07) is 20.1. The van der Waals surface area contributed by atoms with Gasteiger partial charge in [-0.3, -0.25) is 14.5 Å².